The number of nitrogens with zero attached hydrogens (tertiary/aromatic N) is 3. The van der Waals surface area contributed by atoms with Gasteiger partial charge in [-0.25, -0.2) is 4.98 Å². The Bertz CT molecular complexity index is 983. The Morgan fingerprint density at radius 1 is 1.23 bits per heavy atom. The molecule has 3 aromatic rings. The van der Waals surface area contributed by atoms with E-state index in [4.69, 9.17) is 4.98 Å². The summed E-state index contributed by atoms with van der Waals surface area (Å²) in [6, 6.07) is 10.9. The molecule has 3 heterocycles. The standard InChI is InChI=1S/C22H26N4/c1-5-11-26-16(3)15(2)19-13-20(23-4)24-22(21(19)26)25-12-10-17-8-6-7-9-18(17)14-25/h5-9,13H,1,10-12,14H2,2-4H3,(H,23,24). The fourth-order valence-corrected chi connectivity index (χ4v) is 4.02. The molecule has 0 spiro atoms. The SMILES string of the molecule is C=CCn1c(C)c(C)c2cc(NC)nc(N3CCc4ccccc4C3)c21. The zero-order valence-electron chi connectivity index (χ0n) is 15.8. The minimum atomic E-state index is 0.800. The van der Waals surface area contributed by atoms with E-state index in [0.29, 0.717) is 0 Å². The minimum absolute atomic E-state index is 0.800. The second-order valence-electron chi connectivity index (χ2n) is 7.03. The van der Waals surface area contributed by atoms with E-state index in [1.54, 1.807) is 0 Å². The lowest BCUT2D eigenvalue weighted by molar-refractivity contribution is 0.719. The first-order valence-corrected chi connectivity index (χ1v) is 9.25. The van der Waals surface area contributed by atoms with Crippen LogP contribution in [0.4, 0.5) is 11.6 Å². The number of allylic oxidation sites excluding steroid dienone is 1. The molecule has 0 radical (unpaired) electrons. The maximum Gasteiger partial charge on any atom is 0.155 e. The van der Waals surface area contributed by atoms with Crippen LogP contribution < -0.4 is 10.2 Å². The number of aryl methyl sites for hydroxylation is 1. The average Bonchev–Trinajstić information content (AvgIpc) is 2.92. The lowest BCUT2D eigenvalue weighted by Crippen LogP contribution is -2.31. The van der Waals surface area contributed by atoms with Gasteiger partial charge in [-0.2, -0.15) is 0 Å². The maximum atomic E-state index is 4.97. The Balaban J connectivity index is 1.91. The van der Waals surface area contributed by atoms with E-state index in [9.17, 15) is 0 Å². The van der Waals surface area contributed by atoms with Crippen LogP contribution in [0, 0.1) is 13.8 Å². The van der Waals surface area contributed by atoms with Crippen LogP contribution in [0.1, 0.15) is 22.4 Å². The van der Waals surface area contributed by atoms with Crippen LogP contribution in [-0.4, -0.2) is 23.1 Å². The molecule has 4 heteroatoms. The van der Waals surface area contributed by atoms with E-state index in [0.717, 1.165) is 37.7 Å². The molecule has 26 heavy (non-hydrogen) atoms. The highest BCUT2D eigenvalue weighted by Crippen LogP contribution is 2.35. The Labute approximate surface area is 155 Å². The van der Waals surface area contributed by atoms with Crippen LogP contribution in [0.15, 0.2) is 43.0 Å². The first-order chi connectivity index (χ1) is 12.6. The zero-order valence-corrected chi connectivity index (χ0v) is 15.8. The molecular formula is C22H26N4. The van der Waals surface area contributed by atoms with Crippen LogP contribution in [0.2, 0.25) is 0 Å². The van der Waals surface area contributed by atoms with Crippen molar-refractivity contribution in [1.82, 2.24) is 9.55 Å². The molecule has 0 unspecified atom stereocenters. The number of anilines is 2. The van der Waals surface area contributed by atoms with E-state index >= 15 is 0 Å². The Morgan fingerprint density at radius 3 is 2.73 bits per heavy atom. The Kier molecular flexibility index (Phi) is 4.19. The van der Waals surface area contributed by atoms with Gasteiger partial charge in [0.25, 0.3) is 0 Å². The largest absolute Gasteiger partial charge is 0.373 e. The molecule has 1 N–H and O–H groups in total. The Morgan fingerprint density at radius 2 is 2.00 bits per heavy atom. The van der Waals surface area contributed by atoms with Gasteiger partial charge in [-0.05, 0) is 43.0 Å². The number of aromatic nitrogens is 2. The van der Waals surface area contributed by atoms with Crippen molar-refractivity contribution in [1.29, 1.82) is 0 Å². The molecule has 1 aliphatic rings. The summed E-state index contributed by atoms with van der Waals surface area (Å²) in [6.07, 6.45) is 3.02. The third-order valence-electron chi connectivity index (χ3n) is 5.59. The number of rotatable bonds is 4. The highest BCUT2D eigenvalue weighted by molar-refractivity contribution is 5.95. The highest BCUT2D eigenvalue weighted by atomic mass is 15.2. The molecule has 0 amide bonds. The molecule has 4 rings (SSSR count). The van der Waals surface area contributed by atoms with Crippen LogP contribution in [-0.2, 0) is 19.5 Å². The van der Waals surface area contributed by atoms with E-state index in [1.165, 1.54) is 33.3 Å². The fraction of sp³-hybridized carbons (Fsp3) is 0.318. The molecule has 2 aromatic heterocycles. The first kappa shape index (κ1) is 16.7. The molecule has 0 saturated carbocycles. The van der Waals surface area contributed by atoms with Gasteiger partial charge in [-0.3, -0.25) is 0 Å². The van der Waals surface area contributed by atoms with Gasteiger partial charge in [0, 0.05) is 37.8 Å². The number of nitrogens with one attached hydrogen (secondary N) is 1. The van der Waals surface area contributed by atoms with Crippen LogP contribution >= 0.6 is 0 Å². The van der Waals surface area contributed by atoms with E-state index in [2.05, 4.69) is 65.5 Å². The van der Waals surface area contributed by atoms with Crippen molar-refractivity contribution in [2.24, 2.45) is 0 Å². The van der Waals surface area contributed by atoms with Crippen molar-refractivity contribution in [2.45, 2.75) is 33.4 Å². The zero-order chi connectivity index (χ0) is 18.3. The molecule has 134 valence electrons. The molecule has 0 atom stereocenters. The van der Waals surface area contributed by atoms with Crippen molar-refractivity contribution in [3.8, 4) is 0 Å². The van der Waals surface area contributed by atoms with Gasteiger partial charge >= 0.3 is 0 Å². The quantitative estimate of drug-likeness (QED) is 0.709. The lowest BCUT2D eigenvalue weighted by Gasteiger charge is -2.31. The predicted molar refractivity (Wildman–Crippen MR) is 110 cm³/mol. The van der Waals surface area contributed by atoms with Gasteiger partial charge in [0.1, 0.15) is 5.82 Å². The van der Waals surface area contributed by atoms with Gasteiger partial charge in [0.05, 0.1) is 5.52 Å². The number of benzene rings is 1. The van der Waals surface area contributed by atoms with Crippen molar-refractivity contribution >= 4 is 22.5 Å². The first-order valence-electron chi connectivity index (χ1n) is 9.25. The van der Waals surface area contributed by atoms with Gasteiger partial charge in [0.15, 0.2) is 5.82 Å². The maximum absolute atomic E-state index is 4.97. The van der Waals surface area contributed by atoms with Gasteiger partial charge in [-0.1, -0.05) is 30.3 Å². The van der Waals surface area contributed by atoms with Crippen molar-refractivity contribution < 1.29 is 0 Å². The van der Waals surface area contributed by atoms with Crippen molar-refractivity contribution in [3.63, 3.8) is 0 Å². The normalized spacial score (nSPS) is 13.7. The average molecular weight is 346 g/mol. The number of pyridine rings is 1. The predicted octanol–water partition coefficient (Wildman–Crippen LogP) is 4.44. The monoisotopic (exact) mass is 346 g/mol. The topological polar surface area (TPSA) is 33.1 Å². The molecule has 0 aliphatic carbocycles. The molecule has 0 fully saturated rings. The Hall–Kier alpha value is -2.75. The molecule has 0 bridgehead atoms. The highest BCUT2D eigenvalue weighted by Gasteiger charge is 2.23. The van der Waals surface area contributed by atoms with Crippen molar-refractivity contribution in [2.75, 3.05) is 23.8 Å². The van der Waals surface area contributed by atoms with Gasteiger partial charge in [-0.15, -0.1) is 6.58 Å². The van der Waals surface area contributed by atoms with Crippen LogP contribution in [0.3, 0.4) is 0 Å². The van der Waals surface area contributed by atoms with E-state index < -0.39 is 0 Å². The van der Waals surface area contributed by atoms with Gasteiger partial charge in [0.2, 0.25) is 0 Å². The molecule has 4 nitrogen and oxygen atoms in total. The summed E-state index contributed by atoms with van der Waals surface area (Å²) in [5.74, 6) is 1.99. The second kappa shape index (κ2) is 6.52. The lowest BCUT2D eigenvalue weighted by atomic mass is 10.00. The summed E-state index contributed by atoms with van der Waals surface area (Å²) in [5, 5.41) is 4.51. The summed E-state index contributed by atoms with van der Waals surface area (Å²) in [5.41, 5.74) is 6.68. The third kappa shape index (κ3) is 2.57. The second-order valence-corrected chi connectivity index (χ2v) is 7.03. The van der Waals surface area contributed by atoms with Gasteiger partial charge < -0.3 is 14.8 Å². The molecular weight excluding hydrogens is 320 g/mol. The summed E-state index contributed by atoms with van der Waals surface area (Å²) < 4.78 is 2.35. The van der Waals surface area contributed by atoms with E-state index in [-0.39, 0.29) is 0 Å². The summed E-state index contributed by atoms with van der Waals surface area (Å²) in [6.45, 7) is 11.0. The number of fused-ring (bicyclic) bond motifs is 2. The molecule has 1 aromatic carbocycles. The summed E-state index contributed by atoms with van der Waals surface area (Å²) in [7, 11) is 1.94. The summed E-state index contributed by atoms with van der Waals surface area (Å²) in [4.78, 5) is 7.39. The summed E-state index contributed by atoms with van der Waals surface area (Å²) >= 11 is 0. The fourth-order valence-electron chi connectivity index (χ4n) is 4.02. The number of hydrogen-bond acceptors (Lipinski definition) is 3. The smallest absolute Gasteiger partial charge is 0.155 e. The van der Waals surface area contributed by atoms with E-state index in [1.807, 2.05) is 13.1 Å². The third-order valence-corrected chi connectivity index (χ3v) is 5.59. The molecule has 1 aliphatic heterocycles. The van der Waals surface area contributed by atoms with Crippen LogP contribution in [0.25, 0.3) is 10.9 Å². The number of hydrogen-bond donors (Lipinski definition) is 1. The minimum Gasteiger partial charge on any atom is -0.373 e. The molecule has 0 saturated heterocycles. The van der Waals surface area contributed by atoms with Crippen LogP contribution in [0.5, 0.6) is 0 Å². The van der Waals surface area contributed by atoms with Crippen molar-refractivity contribution in [3.05, 3.63) is 65.4 Å².